The topological polar surface area (TPSA) is 201 Å². The molecule has 2 unspecified atom stereocenters. The number of aliphatic hydroxyl groups is 2. The number of ketones is 1. The maximum absolute atomic E-state index is 17.2. The number of carbonyl (C=O) groups is 6. The van der Waals surface area contributed by atoms with E-state index in [2.05, 4.69) is 5.32 Å². The van der Waals surface area contributed by atoms with Gasteiger partial charge in [-0.3, -0.25) is 19.2 Å². The molecule has 0 radical (unpaired) electrons. The van der Waals surface area contributed by atoms with E-state index in [0.717, 1.165) is 13.8 Å². The van der Waals surface area contributed by atoms with Gasteiger partial charge in [0, 0.05) is 37.7 Å². The quantitative estimate of drug-likeness (QED) is 0.144. The Labute approximate surface area is 357 Å². The van der Waals surface area contributed by atoms with E-state index in [1.807, 2.05) is 0 Å². The molecule has 328 valence electrons. The van der Waals surface area contributed by atoms with Crippen LogP contribution >= 0.6 is 0 Å². The first-order chi connectivity index (χ1) is 29.3. The number of benzene rings is 3. The number of esters is 4. The zero-order valence-corrected chi connectivity index (χ0v) is 35.2. The summed E-state index contributed by atoms with van der Waals surface area (Å²) in [4.78, 5) is 83.3. The molecule has 3 aromatic carbocycles. The minimum atomic E-state index is -2.45. The Morgan fingerprint density at radius 1 is 0.839 bits per heavy atom. The summed E-state index contributed by atoms with van der Waals surface area (Å²) in [6.45, 7) is 7.64. The number of hydrogen-bond acceptors (Lipinski definition) is 13. The molecule has 1 amide bonds. The number of hydrogen-bond donors (Lipinski definition) is 3. The Hall–Kier alpha value is -5.77. The van der Waals surface area contributed by atoms with Crippen LogP contribution in [0.25, 0.3) is 0 Å². The van der Waals surface area contributed by atoms with Crippen LogP contribution in [0, 0.1) is 16.7 Å². The fourth-order valence-corrected chi connectivity index (χ4v) is 10.1. The molecule has 1 heterocycles. The number of ether oxygens (including phenoxy) is 5. The zero-order valence-electron chi connectivity index (χ0n) is 35.2. The predicted molar refractivity (Wildman–Crippen MR) is 217 cm³/mol. The summed E-state index contributed by atoms with van der Waals surface area (Å²) >= 11 is 0. The van der Waals surface area contributed by atoms with Gasteiger partial charge in [0.25, 0.3) is 5.91 Å². The lowest BCUT2D eigenvalue weighted by molar-refractivity contribution is -0.341. The SMILES string of the molecule is CC(=O)O[C@H]1C(=O)[C@]2(C)C(F)C[C@H]3OC[C@@]3(OC(C)=O)[C@H]2[C@H](OC(=O)c2ccccc2)[C@]2(O)CC(OC(=O)[C@H](O)[C@@H](NC(=O)c3ccccc3)c3ccccc3)C(C)=C1C2(C)C. The molecule has 7 rings (SSSR count). The van der Waals surface area contributed by atoms with Gasteiger partial charge in [-0.05, 0) is 54.8 Å². The second kappa shape index (κ2) is 16.5. The second-order valence-corrected chi connectivity index (χ2v) is 17.3. The fourth-order valence-electron chi connectivity index (χ4n) is 10.1. The van der Waals surface area contributed by atoms with Crippen molar-refractivity contribution in [1.29, 1.82) is 0 Å². The molecule has 2 saturated carbocycles. The van der Waals surface area contributed by atoms with Crippen molar-refractivity contribution in [3.63, 3.8) is 0 Å². The van der Waals surface area contributed by atoms with E-state index < -0.39 is 119 Å². The van der Waals surface area contributed by atoms with Crippen LogP contribution in [0.5, 0.6) is 0 Å². The first-order valence-corrected chi connectivity index (χ1v) is 20.4. The van der Waals surface area contributed by atoms with Crippen LogP contribution in [0.15, 0.2) is 102 Å². The number of aliphatic hydroxyl groups excluding tert-OH is 1. The lowest BCUT2D eigenvalue weighted by Gasteiger charge is -2.67. The highest BCUT2D eigenvalue weighted by molar-refractivity contribution is 5.96. The molecule has 3 fully saturated rings. The fraction of sp³-hybridized carbons (Fsp3) is 0.447. The van der Waals surface area contributed by atoms with Gasteiger partial charge in [0.15, 0.2) is 23.6 Å². The number of carbonyl (C=O) groups excluding carboxylic acids is 6. The minimum absolute atomic E-state index is 0.0377. The van der Waals surface area contributed by atoms with E-state index in [0.29, 0.717) is 5.56 Å². The van der Waals surface area contributed by atoms with Crippen molar-refractivity contribution in [3.05, 3.63) is 119 Å². The van der Waals surface area contributed by atoms with E-state index in [9.17, 15) is 34.2 Å². The van der Waals surface area contributed by atoms with Crippen LogP contribution in [-0.4, -0.2) is 100 Å². The molecular formula is C47H50FNO13. The molecule has 3 N–H and O–H groups in total. The van der Waals surface area contributed by atoms with Gasteiger partial charge in [0.1, 0.15) is 30.1 Å². The minimum Gasteiger partial charge on any atom is -0.456 e. The summed E-state index contributed by atoms with van der Waals surface area (Å²) in [6, 6.07) is 22.7. The molecule has 14 nitrogen and oxygen atoms in total. The third-order valence-corrected chi connectivity index (χ3v) is 13.4. The molecule has 62 heavy (non-hydrogen) atoms. The summed E-state index contributed by atoms with van der Waals surface area (Å²) in [5.41, 5.74) is -7.57. The Morgan fingerprint density at radius 3 is 1.97 bits per heavy atom. The molecule has 0 aromatic heterocycles. The van der Waals surface area contributed by atoms with Crippen LogP contribution in [-0.2, 0) is 42.9 Å². The summed E-state index contributed by atoms with van der Waals surface area (Å²) in [7, 11) is 0. The van der Waals surface area contributed by atoms with Gasteiger partial charge in [0.05, 0.1) is 29.5 Å². The van der Waals surface area contributed by atoms with Crippen LogP contribution in [0.4, 0.5) is 4.39 Å². The van der Waals surface area contributed by atoms with Gasteiger partial charge in [-0.25, -0.2) is 14.0 Å². The van der Waals surface area contributed by atoms with Crippen LogP contribution in [0.1, 0.15) is 86.7 Å². The molecule has 2 bridgehead atoms. The van der Waals surface area contributed by atoms with Crippen molar-refractivity contribution in [2.75, 3.05) is 6.61 Å². The summed E-state index contributed by atoms with van der Waals surface area (Å²) in [5, 5.41) is 28.1. The molecule has 1 aliphatic heterocycles. The highest BCUT2D eigenvalue weighted by Gasteiger charge is 2.78. The Bertz CT molecular complexity index is 2290. The van der Waals surface area contributed by atoms with Crippen molar-refractivity contribution in [1.82, 2.24) is 5.32 Å². The number of halogens is 1. The van der Waals surface area contributed by atoms with E-state index in [1.165, 1.54) is 39.8 Å². The highest BCUT2D eigenvalue weighted by atomic mass is 19.1. The van der Waals surface area contributed by atoms with E-state index in [-0.39, 0.29) is 28.9 Å². The molecule has 3 aromatic rings. The van der Waals surface area contributed by atoms with Crippen molar-refractivity contribution >= 4 is 35.6 Å². The number of amides is 1. The summed E-state index contributed by atoms with van der Waals surface area (Å²) < 4.78 is 47.2. The van der Waals surface area contributed by atoms with Gasteiger partial charge < -0.3 is 39.2 Å². The molecule has 15 heteroatoms. The Kier molecular flexibility index (Phi) is 11.8. The highest BCUT2D eigenvalue weighted by Crippen LogP contribution is 2.65. The average molecular weight is 856 g/mol. The van der Waals surface area contributed by atoms with Crippen molar-refractivity contribution in [2.24, 2.45) is 16.7 Å². The zero-order chi connectivity index (χ0) is 44.9. The number of alkyl halides is 1. The molecular weight excluding hydrogens is 806 g/mol. The van der Waals surface area contributed by atoms with Crippen LogP contribution in [0.2, 0.25) is 0 Å². The Balaban J connectivity index is 1.39. The monoisotopic (exact) mass is 855 g/mol. The van der Waals surface area contributed by atoms with Crippen molar-refractivity contribution < 1.29 is 67.1 Å². The largest absolute Gasteiger partial charge is 0.456 e. The number of fused-ring (bicyclic) bond motifs is 5. The van der Waals surface area contributed by atoms with E-state index >= 15 is 9.18 Å². The lowest BCUT2D eigenvalue weighted by atomic mass is 9.45. The lowest BCUT2D eigenvalue weighted by Crippen LogP contribution is -2.81. The maximum Gasteiger partial charge on any atom is 0.338 e. The third kappa shape index (κ3) is 7.29. The second-order valence-electron chi connectivity index (χ2n) is 17.3. The molecule has 11 atom stereocenters. The van der Waals surface area contributed by atoms with Gasteiger partial charge in [-0.1, -0.05) is 80.6 Å². The number of rotatable bonds is 10. The van der Waals surface area contributed by atoms with E-state index in [4.69, 9.17) is 23.7 Å². The van der Waals surface area contributed by atoms with Crippen LogP contribution in [0.3, 0.4) is 0 Å². The Morgan fingerprint density at radius 2 is 1.42 bits per heavy atom. The smallest absolute Gasteiger partial charge is 0.338 e. The first-order valence-electron chi connectivity index (χ1n) is 20.4. The standard InChI is InChI=1S/C47H50FNO13/c1-25-31(60-43(56)36(52)35(28-16-10-7-11-17-28)49-41(54)29-18-12-8-13-19-29)23-47(57)40(61-42(55)30-20-14-9-15-21-30)38-45(6,32(48)22-33-46(38,24-58-33)62-27(3)51)39(53)37(59-26(2)50)34(25)44(47,4)5/h7-21,31-33,35-38,40,52,57H,22-24H2,1-6H3,(H,49,54)/t31?,32?,33-,35+,36-,37-,38+,40+,45-,46+,47-/m1/s1. The van der Waals surface area contributed by atoms with E-state index in [1.54, 1.807) is 78.9 Å². The van der Waals surface area contributed by atoms with Crippen LogP contribution < -0.4 is 5.32 Å². The predicted octanol–water partition coefficient (Wildman–Crippen LogP) is 4.71. The number of Topliss-reactive ketones (excluding diaryl/α,β-unsaturated/α-hetero) is 1. The summed E-state index contributed by atoms with van der Waals surface area (Å²) in [6.07, 6.45) is -11.6. The molecule has 3 aliphatic carbocycles. The van der Waals surface area contributed by atoms with Gasteiger partial charge in [-0.15, -0.1) is 0 Å². The van der Waals surface area contributed by atoms with Crippen molar-refractivity contribution in [2.45, 2.75) is 108 Å². The van der Waals surface area contributed by atoms with Crippen molar-refractivity contribution in [3.8, 4) is 0 Å². The number of nitrogens with one attached hydrogen (secondary N) is 1. The molecule has 0 spiro atoms. The average Bonchev–Trinajstić information content (AvgIpc) is 3.24. The normalized spacial score (nSPS) is 31.9. The van der Waals surface area contributed by atoms with Gasteiger partial charge >= 0.3 is 23.9 Å². The maximum atomic E-state index is 17.2. The summed E-state index contributed by atoms with van der Waals surface area (Å²) in [5.74, 6) is -7.24. The molecule has 1 saturated heterocycles. The first kappa shape index (κ1) is 44.3. The van der Waals surface area contributed by atoms with Gasteiger partial charge in [-0.2, -0.15) is 0 Å². The van der Waals surface area contributed by atoms with Gasteiger partial charge in [0.2, 0.25) is 0 Å². The molecule has 4 aliphatic rings. The third-order valence-electron chi connectivity index (χ3n) is 13.4.